The van der Waals surface area contributed by atoms with Crippen LogP contribution in [0.5, 0.6) is 0 Å². The molecule has 0 bridgehead atoms. The highest BCUT2D eigenvalue weighted by Gasteiger charge is 2.07. The minimum atomic E-state index is 0.681. The molecule has 0 fully saturated rings. The molecule has 0 aliphatic heterocycles. The number of ether oxygens (including phenoxy) is 1. The predicted octanol–water partition coefficient (Wildman–Crippen LogP) is 0.186. The van der Waals surface area contributed by atoms with Gasteiger partial charge in [-0.2, -0.15) is 0 Å². The van der Waals surface area contributed by atoms with E-state index in [0.717, 1.165) is 43.4 Å². The van der Waals surface area contributed by atoms with Gasteiger partial charge in [0.2, 0.25) is 7.98 Å². The first kappa shape index (κ1) is 20.6. The molecule has 2 nitrogen and oxygen atoms in total. The Bertz CT molecular complexity index is 1010. The van der Waals surface area contributed by atoms with Crippen LogP contribution in [-0.2, 0) is 4.74 Å². The molecule has 130 valence electrons. The zero-order valence-electron chi connectivity index (χ0n) is 16.1. The van der Waals surface area contributed by atoms with E-state index in [9.17, 15) is 0 Å². The van der Waals surface area contributed by atoms with Crippen LogP contribution in [0, 0.1) is 0 Å². The van der Waals surface area contributed by atoms with Crippen LogP contribution in [0.25, 0.3) is 36.6 Å². The molecule has 25 heavy (non-hydrogen) atoms. The lowest BCUT2D eigenvalue weighted by Crippen LogP contribution is -2.66. The van der Waals surface area contributed by atoms with Crippen molar-refractivity contribution in [3.05, 3.63) is 55.8 Å². The average molecular weight is 333 g/mol. The average Bonchev–Trinajstić information content (AvgIpc) is 2.62. The molecule has 1 aromatic rings. The Morgan fingerprint density at radius 2 is 1.76 bits per heavy atom. The Balaban J connectivity index is 4.67. The van der Waals surface area contributed by atoms with E-state index in [4.69, 9.17) is 12.7 Å². The van der Waals surface area contributed by atoms with E-state index < -0.39 is 0 Å². The zero-order valence-corrected chi connectivity index (χ0v) is 16.1. The highest BCUT2D eigenvalue weighted by Crippen LogP contribution is 2.04. The molecule has 0 amide bonds. The summed E-state index contributed by atoms with van der Waals surface area (Å²) in [5.41, 5.74) is 0.724. The second kappa shape index (κ2) is 9.78. The second-order valence-electron chi connectivity index (χ2n) is 5.48. The maximum atomic E-state index is 5.87. The second-order valence-corrected chi connectivity index (χ2v) is 5.48. The van der Waals surface area contributed by atoms with Gasteiger partial charge in [-0.3, -0.25) is 0 Å². The van der Waals surface area contributed by atoms with Gasteiger partial charge in [0.05, 0.1) is 12.8 Å². The summed E-state index contributed by atoms with van der Waals surface area (Å²) in [4.78, 5) is 0. The molecular formula is C22H28BNO. The van der Waals surface area contributed by atoms with Crippen molar-refractivity contribution in [2.45, 2.75) is 34.1 Å². The van der Waals surface area contributed by atoms with Crippen LogP contribution in [0.15, 0.2) is 24.5 Å². The monoisotopic (exact) mass is 333 g/mol. The number of hydrogen-bond donors (Lipinski definition) is 1. The molecule has 0 saturated heterocycles. The van der Waals surface area contributed by atoms with Crippen molar-refractivity contribution in [1.82, 2.24) is 5.23 Å². The fourth-order valence-corrected chi connectivity index (χ4v) is 3.15. The molecule has 0 heterocycles. The normalized spacial score (nSPS) is 16.3. The van der Waals surface area contributed by atoms with E-state index in [0.29, 0.717) is 5.76 Å². The Morgan fingerprint density at radius 1 is 1.12 bits per heavy atom. The van der Waals surface area contributed by atoms with Crippen LogP contribution < -0.4 is 36.5 Å². The molecule has 3 heteroatoms. The first-order chi connectivity index (χ1) is 12.1. The number of nitrogens with one attached hydrogen (secondary N) is 1. The van der Waals surface area contributed by atoms with Crippen LogP contribution in [0.4, 0.5) is 0 Å². The molecule has 1 rings (SSSR count). The summed E-state index contributed by atoms with van der Waals surface area (Å²) in [6.07, 6.45) is 13.0. The summed E-state index contributed by atoms with van der Waals surface area (Å²) in [6.45, 7) is 16.3. The van der Waals surface area contributed by atoms with Crippen molar-refractivity contribution in [3.8, 4) is 0 Å². The predicted molar refractivity (Wildman–Crippen MR) is 112 cm³/mol. The third-order valence-electron chi connectivity index (χ3n) is 4.16. The molecule has 0 saturated carbocycles. The summed E-state index contributed by atoms with van der Waals surface area (Å²) >= 11 is 0. The van der Waals surface area contributed by atoms with Gasteiger partial charge >= 0.3 is 0 Å². The van der Waals surface area contributed by atoms with Crippen LogP contribution in [0.3, 0.4) is 0 Å². The molecule has 1 aromatic carbocycles. The molecule has 0 spiro atoms. The van der Waals surface area contributed by atoms with Crippen molar-refractivity contribution < 1.29 is 4.74 Å². The van der Waals surface area contributed by atoms with Gasteiger partial charge < -0.3 is 9.96 Å². The van der Waals surface area contributed by atoms with E-state index >= 15 is 0 Å². The Morgan fingerprint density at radius 3 is 2.16 bits per heavy atom. The van der Waals surface area contributed by atoms with E-state index in [1.165, 1.54) is 0 Å². The minimum absolute atomic E-state index is 0.681. The Hall–Kier alpha value is -2.42. The first-order valence-corrected chi connectivity index (χ1v) is 8.54. The van der Waals surface area contributed by atoms with Crippen molar-refractivity contribution >= 4 is 44.6 Å². The molecule has 0 aromatic heterocycles. The standard InChI is InChI=1S/C22H28BNO/c1-8-13-18-16(10-3)15(6)21(17(11-4)19(18)14-9-2)22(24-23)20(12-5)25-7/h8,10-14,24H,1,6,9H2,2-5,7H3/b16-10-,17-11+,18-13+,19-14+,20-12+,22-21-. The van der Waals surface area contributed by atoms with Crippen molar-refractivity contribution in [1.29, 1.82) is 0 Å². The largest absolute Gasteiger partial charge is 0.495 e. The van der Waals surface area contributed by atoms with E-state index in [2.05, 4.69) is 43.5 Å². The third kappa shape index (κ3) is 3.98. The summed E-state index contributed by atoms with van der Waals surface area (Å²) < 4.78 is 5.51. The Labute approximate surface area is 152 Å². The van der Waals surface area contributed by atoms with Crippen LogP contribution in [0.2, 0.25) is 0 Å². The highest BCUT2D eigenvalue weighted by atomic mass is 16.5. The van der Waals surface area contributed by atoms with Gasteiger partial charge in [0.25, 0.3) is 0 Å². The highest BCUT2D eigenvalue weighted by molar-refractivity contribution is 6.09. The van der Waals surface area contributed by atoms with Gasteiger partial charge in [0.15, 0.2) is 0 Å². The number of hydrogen-bond acceptors (Lipinski definition) is 2. The molecule has 2 radical (unpaired) electrons. The van der Waals surface area contributed by atoms with Gasteiger partial charge in [0.1, 0.15) is 5.76 Å². The lowest BCUT2D eigenvalue weighted by Gasteiger charge is -2.12. The number of rotatable bonds is 5. The van der Waals surface area contributed by atoms with Crippen LogP contribution in [0.1, 0.15) is 34.1 Å². The molecule has 0 unspecified atom stereocenters. The van der Waals surface area contributed by atoms with E-state index in [1.807, 2.05) is 39.0 Å². The van der Waals surface area contributed by atoms with Crippen molar-refractivity contribution in [2.24, 2.45) is 0 Å². The van der Waals surface area contributed by atoms with Gasteiger partial charge in [-0.15, -0.1) is 0 Å². The van der Waals surface area contributed by atoms with Gasteiger partial charge in [-0.25, -0.2) is 0 Å². The van der Waals surface area contributed by atoms with E-state index in [-0.39, 0.29) is 0 Å². The number of methoxy groups -OCH3 is 1. The lowest BCUT2D eigenvalue weighted by molar-refractivity contribution is 0.308. The molecule has 0 atom stereocenters. The lowest BCUT2D eigenvalue weighted by atomic mass is 10.0. The molecular weight excluding hydrogens is 305 g/mol. The van der Waals surface area contributed by atoms with Crippen LogP contribution >= 0.6 is 0 Å². The fraction of sp³-hybridized carbons (Fsp3) is 0.273. The minimum Gasteiger partial charge on any atom is -0.495 e. The molecule has 1 N–H and O–H groups in total. The number of allylic oxidation sites excluding steroid dienone is 2. The van der Waals surface area contributed by atoms with Crippen molar-refractivity contribution in [3.63, 3.8) is 0 Å². The smallest absolute Gasteiger partial charge is 0.222 e. The summed E-state index contributed by atoms with van der Waals surface area (Å²) in [5.74, 6) is 0.681. The van der Waals surface area contributed by atoms with E-state index in [1.54, 1.807) is 7.11 Å². The van der Waals surface area contributed by atoms with Crippen LogP contribution in [-0.4, -0.2) is 15.1 Å². The van der Waals surface area contributed by atoms with Crippen molar-refractivity contribution in [2.75, 3.05) is 7.11 Å². The first-order valence-electron chi connectivity index (χ1n) is 8.54. The summed E-state index contributed by atoms with van der Waals surface area (Å²) in [7, 11) is 7.50. The van der Waals surface area contributed by atoms with Gasteiger partial charge in [-0.05, 0) is 59.4 Å². The topological polar surface area (TPSA) is 21.3 Å². The summed E-state index contributed by atoms with van der Waals surface area (Å²) in [5, 5.41) is 9.09. The quantitative estimate of drug-likeness (QED) is 0.614. The third-order valence-corrected chi connectivity index (χ3v) is 4.16. The van der Waals surface area contributed by atoms with Gasteiger partial charge in [0, 0.05) is 5.22 Å². The SMILES string of the molecule is [B]NC(/C(=C\C)OC)=c1/c(=C)c(=C/C)/c(=C\C=C)c(=C/CC)/c1=C\C. The molecule has 0 aliphatic rings. The molecule has 0 aliphatic carbocycles. The number of benzene rings is 1. The summed E-state index contributed by atoms with van der Waals surface area (Å²) in [6, 6.07) is 0. The fourth-order valence-electron chi connectivity index (χ4n) is 3.15. The van der Waals surface area contributed by atoms with Gasteiger partial charge in [-0.1, -0.05) is 50.5 Å². The maximum Gasteiger partial charge on any atom is 0.222 e. The zero-order chi connectivity index (χ0) is 19.0. The maximum absolute atomic E-state index is 5.87. The Kier molecular flexibility index (Phi) is 8.07.